The molecule has 0 radical (unpaired) electrons. The summed E-state index contributed by atoms with van der Waals surface area (Å²) in [5.41, 5.74) is 0. The van der Waals surface area contributed by atoms with E-state index in [1.54, 1.807) is 11.3 Å². The first-order chi connectivity index (χ1) is 11.5. The van der Waals surface area contributed by atoms with Crippen molar-refractivity contribution < 1.29 is 4.79 Å². The molecule has 0 bridgehead atoms. The molecule has 3 N–H and O–H groups in total. The van der Waals surface area contributed by atoms with Crippen molar-refractivity contribution in [3.63, 3.8) is 0 Å². The van der Waals surface area contributed by atoms with Crippen LogP contribution in [0.5, 0.6) is 0 Å². The number of rotatable bonds is 10. The Morgan fingerprint density at radius 3 is 2.64 bits per heavy atom. The molecule has 0 spiro atoms. The molecule has 0 aliphatic heterocycles. The average Bonchev–Trinajstić information content (AvgIpc) is 3.05. The fourth-order valence-electron chi connectivity index (χ4n) is 2.17. The fourth-order valence-corrected chi connectivity index (χ4v) is 3.04. The summed E-state index contributed by atoms with van der Waals surface area (Å²) in [6, 6.07) is 4.49. The topological polar surface area (TPSA) is 65.5 Å². The van der Waals surface area contributed by atoms with Gasteiger partial charge in [0, 0.05) is 37.0 Å². The average molecular weight is 480 g/mol. The zero-order chi connectivity index (χ0) is 17.8. The normalized spacial score (nSPS) is 13.5. The first kappa shape index (κ1) is 24.2. The SMILES string of the molecule is CCNC(=NCC(C)Cc1cccs1)NCCC(=O)NC(C)CC.I. The summed E-state index contributed by atoms with van der Waals surface area (Å²) >= 11 is 1.80. The number of carbonyl (C=O) groups is 1. The molecule has 1 amide bonds. The maximum atomic E-state index is 11.8. The van der Waals surface area contributed by atoms with Gasteiger partial charge in [-0.3, -0.25) is 9.79 Å². The molecule has 5 nitrogen and oxygen atoms in total. The Morgan fingerprint density at radius 2 is 2.04 bits per heavy atom. The second-order valence-electron chi connectivity index (χ2n) is 6.16. The predicted molar refractivity (Wildman–Crippen MR) is 119 cm³/mol. The van der Waals surface area contributed by atoms with Crippen LogP contribution in [-0.4, -0.2) is 37.5 Å². The van der Waals surface area contributed by atoms with Gasteiger partial charge in [-0.25, -0.2) is 0 Å². The zero-order valence-corrected chi connectivity index (χ0v) is 18.9. The van der Waals surface area contributed by atoms with Crippen LogP contribution in [0.4, 0.5) is 0 Å². The fraction of sp³-hybridized carbons (Fsp3) is 0.667. The molecule has 0 saturated heterocycles. The Morgan fingerprint density at radius 1 is 1.28 bits per heavy atom. The van der Waals surface area contributed by atoms with Gasteiger partial charge in [0.05, 0.1) is 0 Å². The van der Waals surface area contributed by atoms with E-state index < -0.39 is 0 Å². The van der Waals surface area contributed by atoms with Gasteiger partial charge in [0.25, 0.3) is 0 Å². The lowest BCUT2D eigenvalue weighted by Gasteiger charge is -2.14. The number of aliphatic imine (C=N–C) groups is 1. The van der Waals surface area contributed by atoms with Gasteiger partial charge < -0.3 is 16.0 Å². The van der Waals surface area contributed by atoms with E-state index in [1.807, 2.05) is 13.8 Å². The number of thiophene rings is 1. The molecule has 0 aliphatic carbocycles. The quantitative estimate of drug-likeness (QED) is 0.273. The van der Waals surface area contributed by atoms with Crippen molar-refractivity contribution in [2.24, 2.45) is 10.9 Å². The van der Waals surface area contributed by atoms with E-state index in [4.69, 9.17) is 0 Å². The number of nitrogens with zero attached hydrogens (tertiary/aromatic N) is 1. The van der Waals surface area contributed by atoms with Gasteiger partial charge in [0.2, 0.25) is 5.91 Å². The lowest BCUT2D eigenvalue weighted by molar-refractivity contribution is -0.121. The van der Waals surface area contributed by atoms with Crippen LogP contribution in [0.25, 0.3) is 0 Å². The summed E-state index contributed by atoms with van der Waals surface area (Å²) in [5, 5.41) is 11.6. The number of hydrogen-bond donors (Lipinski definition) is 3. The van der Waals surface area contributed by atoms with Crippen LogP contribution in [0.1, 0.15) is 45.4 Å². The maximum Gasteiger partial charge on any atom is 0.221 e. The Hall–Kier alpha value is -0.830. The van der Waals surface area contributed by atoms with Crippen LogP contribution in [-0.2, 0) is 11.2 Å². The molecule has 0 aromatic carbocycles. The Kier molecular flexibility index (Phi) is 13.9. The second kappa shape index (κ2) is 14.4. The van der Waals surface area contributed by atoms with Crippen LogP contribution in [0, 0.1) is 5.92 Å². The summed E-state index contributed by atoms with van der Waals surface area (Å²) in [4.78, 5) is 17.8. The standard InChI is InChI=1S/C18H32N4OS.HI/c1-5-15(4)22-17(23)9-10-20-18(19-6-2)21-13-14(3)12-16-8-7-11-24-16;/h7-8,11,14-15H,5-6,9-10,12-13H2,1-4H3,(H,22,23)(H2,19,20,21);1H. The molecule has 2 unspecified atom stereocenters. The highest BCUT2D eigenvalue weighted by Crippen LogP contribution is 2.14. The molecule has 1 heterocycles. The summed E-state index contributed by atoms with van der Waals surface area (Å²) in [5.74, 6) is 1.36. The van der Waals surface area contributed by atoms with Crippen LogP contribution >= 0.6 is 35.3 Å². The summed E-state index contributed by atoms with van der Waals surface area (Å²) in [6.45, 7) is 10.5. The lowest BCUT2D eigenvalue weighted by Crippen LogP contribution is -2.40. The Balaban J connectivity index is 0.00000576. The van der Waals surface area contributed by atoms with E-state index in [9.17, 15) is 4.79 Å². The molecule has 144 valence electrons. The third-order valence-corrected chi connectivity index (χ3v) is 4.60. The zero-order valence-electron chi connectivity index (χ0n) is 15.8. The van der Waals surface area contributed by atoms with Gasteiger partial charge in [0.15, 0.2) is 5.96 Å². The van der Waals surface area contributed by atoms with E-state index in [2.05, 4.69) is 52.3 Å². The Bertz CT molecular complexity index is 493. The first-order valence-electron chi connectivity index (χ1n) is 8.89. The minimum absolute atomic E-state index is 0. The second-order valence-corrected chi connectivity index (χ2v) is 7.19. The van der Waals surface area contributed by atoms with Crippen molar-refractivity contribution in [1.29, 1.82) is 0 Å². The lowest BCUT2D eigenvalue weighted by atomic mass is 10.1. The van der Waals surface area contributed by atoms with Gasteiger partial charge >= 0.3 is 0 Å². The molecule has 0 aliphatic rings. The maximum absolute atomic E-state index is 11.8. The molecule has 0 fully saturated rings. The molecule has 0 saturated carbocycles. The van der Waals surface area contributed by atoms with E-state index in [0.29, 0.717) is 18.9 Å². The highest BCUT2D eigenvalue weighted by Gasteiger charge is 2.07. The first-order valence-corrected chi connectivity index (χ1v) is 9.77. The minimum Gasteiger partial charge on any atom is -0.357 e. The van der Waals surface area contributed by atoms with Crippen LogP contribution in [0.3, 0.4) is 0 Å². The third kappa shape index (κ3) is 11.4. The van der Waals surface area contributed by atoms with Gasteiger partial charge in [-0.05, 0) is 44.1 Å². The largest absolute Gasteiger partial charge is 0.357 e. The van der Waals surface area contributed by atoms with Crippen molar-refractivity contribution in [2.45, 2.75) is 53.0 Å². The highest BCUT2D eigenvalue weighted by atomic mass is 127. The van der Waals surface area contributed by atoms with Gasteiger partial charge in [-0.1, -0.05) is 19.9 Å². The van der Waals surface area contributed by atoms with Crippen LogP contribution < -0.4 is 16.0 Å². The summed E-state index contributed by atoms with van der Waals surface area (Å²) < 4.78 is 0. The molecule has 25 heavy (non-hydrogen) atoms. The molecule has 1 rings (SSSR count). The van der Waals surface area contributed by atoms with Crippen LogP contribution in [0.2, 0.25) is 0 Å². The predicted octanol–water partition coefficient (Wildman–Crippen LogP) is 3.40. The number of carbonyl (C=O) groups excluding carboxylic acids is 1. The third-order valence-electron chi connectivity index (χ3n) is 3.70. The molecule has 1 aromatic rings. The van der Waals surface area contributed by atoms with Crippen molar-refractivity contribution in [3.8, 4) is 0 Å². The van der Waals surface area contributed by atoms with Crippen molar-refractivity contribution in [2.75, 3.05) is 19.6 Å². The molecule has 2 atom stereocenters. The number of guanidine groups is 1. The number of nitrogens with one attached hydrogen (secondary N) is 3. The van der Waals surface area contributed by atoms with Crippen molar-refractivity contribution in [1.82, 2.24) is 16.0 Å². The number of amides is 1. The van der Waals surface area contributed by atoms with Crippen molar-refractivity contribution in [3.05, 3.63) is 22.4 Å². The molecular formula is C18H33IN4OS. The molecule has 1 aromatic heterocycles. The monoisotopic (exact) mass is 480 g/mol. The number of hydrogen-bond acceptors (Lipinski definition) is 3. The van der Waals surface area contributed by atoms with Gasteiger partial charge in [-0.2, -0.15) is 0 Å². The minimum atomic E-state index is 0. The summed E-state index contributed by atoms with van der Waals surface area (Å²) in [7, 11) is 0. The van der Waals surface area contributed by atoms with E-state index in [0.717, 1.165) is 31.9 Å². The van der Waals surface area contributed by atoms with E-state index in [-0.39, 0.29) is 35.9 Å². The van der Waals surface area contributed by atoms with Crippen LogP contribution in [0.15, 0.2) is 22.5 Å². The van der Waals surface area contributed by atoms with E-state index >= 15 is 0 Å². The van der Waals surface area contributed by atoms with Gasteiger partial charge in [0.1, 0.15) is 0 Å². The van der Waals surface area contributed by atoms with Crippen molar-refractivity contribution >= 4 is 47.2 Å². The molecule has 7 heteroatoms. The Labute approximate surface area is 173 Å². The summed E-state index contributed by atoms with van der Waals surface area (Å²) in [6.07, 6.45) is 2.46. The van der Waals surface area contributed by atoms with E-state index in [1.165, 1.54) is 4.88 Å². The highest BCUT2D eigenvalue weighted by molar-refractivity contribution is 14.0. The van der Waals surface area contributed by atoms with Gasteiger partial charge in [-0.15, -0.1) is 35.3 Å². The number of halogens is 1. The molecular weight excluding hydrogens is 447 g/mol. The smallest absolute Gasteiger partial charge is 0.221 e.